The summed E-state index contributed by atoms with van der Waals surface area (Å²) in [7, 11) is 0. The van der Waals surface area contributed by atoms with Gasteiger partial charge in [-0.3, -0.25) is 34.9 Å². The molecule has 0 saturated carbocycles. The maximum absolute atomic E-state index is 13.2. The van der Waals surface area contributed by atoms with Gasteiger partial charge in [0, 0.05) is 24.9 Å². The monoisotopic (exact) mass is 450 g/mol. The number of ether oxygens (including phenoxy) is 2. The molecule has 0 aliphatic carbocycles. The van der Waals surface area contributed by atoms with Crippen molar-refractivity contribution in [1.29, 1.82) is 0 Å². The van der Waals surface area contributed by atoms with E-state index >= 15 is 0 Å². The number of amides is 4. The summed E-state index contributed by atoms with van der Waals surface area (Å²) in [4.78, 5) is 53.8. The molecule has 3 aliphatic heterocycles. The number of nitrogens with one attached hydrogen (secondary N) is 2. The average Bonchev–Trinajstić information content (AvgIpc) is 3.41. The zero-order chi connectivity index (χ0) is 23.2. The van der Waals surface area contributed by atoms with Crippen LogP contribution < -0.4 is 25.2 Å². The topological polar surface area (TPSA) is 117 Å². The van der Waals surface area contributed by atoms with Crippen LogP contribution in [0.1, 0.15) is 46.9 Å². The molecule has 0 bridgehead atoms. The number of rotatable bonds is 4. The molecule has 1 fully saturated rings. The molecule has 1 saturated heterocycles. The predicted octanol–water partition coefficient (Wildman–Crippen LogP) is 1.57. The van der Waals surface area contributed by atoms with Crippen LogP contribution >= 0.6 is 0 Å². The minimum Gasteiger partial charge on any atom is -0.454 e. The number of fused-ring (bicyclic) bond motifs is 4. The molecule has 1 atom stereocenters. The third kappa shape index (κ3) is 3.43. The van der Waals surface area contributed by atoms with Crippen LogP contribution in [0.25, 0.3) is 0 Å². The van der Waals surface area contributed by atoms with Crippen molar-refractivity contribution in [2.75, 3.05) is 18.2 Å². The Morgan fingerprint density at radius 3 is 2.70 bits per heavy atom. The summed E-state index contributed by atoms with van der Waals surface area (Å²) in [5.41, 5.74) is 5.24. The molecule has 10 nitrogen and oxygen atoms in total. The van der Waals surface area contributed by atoms with Crippen LogP contribution in [0, 0.1) is 0 Å². The summed E-state index contributed by atoms with van der Waals surface area (Å²) in [6, 6.07) is 11.7. The van der Waals surface area contributed by atoms with E-state index in [1.165, 1.54) is 6.07 Å². The minimum atomic E-state index is -0.835. The van der Waals surface area contributed by atoms with E-state index in [9.17, 15) is 19.2 Å². The van der Waals surface area contributed by atoms with Crippen LogP contribution in [0.4, 0.5) is 5.69 Å². The Balaban J connectivity index is 1.23. The van der Waals surface area contributed by atoms with Crippen LogP contribution in [0.3, 0.4) is 0 Å². The number of hydrazine groups is 1. The van der Waals surface area contributed by atoms with Crippen molar-refractivity contribution in [3.05, 3.63) is 53.6 Å². The average molecular weight is 450 g/mol. The molecular formula is C23H22N4O6. The van der Waals surface area contributed by atoms with Crippen molar-refractivity contribution >= 4 is 29.3 Å². The molecule has 0 radical (unpaired) electrons. The molecule has 2 aromatic carbocycles. The lowest BCUT2D eigenvalue weighted by molar-refractivity contribution is -0.122. The fourth-order valence-corrected chi connectivity index (χ4v) is 4.55. The summed E-state index contributed by atoms with van der Waals surface area (Å²) in [5.74, 6) is -0.239. The first-order valence-electron chi connectivity index (χ1n) is 10.6. The van der Waals surface area contributed by atoms with Gasteiger partial charge in [0.05, 0.1) is 11.3 Å². The van der Waals surface area contributed by atoms with Crippen molar-refractivity contribution in [2.45, 2.75) is 31.8 Å². The standard InChI is InChI=1S/C23H22N4O6/c1-23-10-8-20(29)27(23)16-5-3-2-4-15(16)22(31)26(23)11-9-19(28)24-25-21(30)14-6-7-17-18(12-14)33-13-32-17/h2-7,12H,8-11,13H2,1H3,(H,24,28)(H,25,30). The highest BCUT2D eigenvalue weighted by Crippen LogP contribution is 2.43. The molecule has 170 valence electrons. The zero-order valence-electron chi connectivity index (χ0n) is 17.9. The second-order valence-corrected chi connectivity index (χ2v) is 8.24. The van der Waals surface area contributed by atoms with Crippen LogP contribution in [0.5, 0.6) is 11.5 Å². The fraction of sp³-hybridized carbons (Fsp3) is 0.304. The summed E-state index contributed by atoms with van der Waals surface area (Å²) in [5, 5.41) is 0. The molecule has 10 heteroatoms. The second-order valence-electron chi connectivity index (χ2n) is 8.24. The number of hydrogen-bond acceptors (Lipinski definition) is 6. The summed E-state index contributed by atoms with van der Waals surface area (Å²) < 4.78 is 10.5. The molecule has 33 heavy (non-hydrogen) atoms. The lowest BCUT2D eigenvalue weighted by atomic mass is 9.98. The van der Waals surface area contributed by atoms with E-state index in [2.05, 4.69) is 10.9 Å². The summed E-state index contributed by atoms with van der Waals surface area (Å²) in [6.07, 6.45) is 0.758. The van der Waals surface area contributed by atoms with Crippen molar-refractivity contribution in [2.24, 2.45) is 0 Å². The number of nitrogens with zero attached hydrogens (tertiary/aromatic N) is 2. The molecular weight excluding hydrogens is 428 g/mol. The Kier molecular flexibility index (Phi) is 4.92. The van der Waals surface area contributed by atoms with E-state index in [1.807, 2.05) is 6.92 Å². The zero-order valence-corrected chi connectivity index (χ0v) is 17.9. The number of anilines is 1. The van der Waals surface area contributed by atoms with E-state index < -0.39 is 17.5 Å². The van der Waals surface area contributed by atoms with E-state index in [-0.39, 0.29) is 31.6 Å². The van der Waals surface area contributed by atoms with Crippen LogP contribution in [-0.2, 0) is 9.59 Å². The first kappa shape index (κ1) is 20.8. The Morgan fingerprint density at radius 1 is 1.06 bits per heavy atom. The van der Waals surface area contributed by atoms with E-state index in [4.69, 9.17) is 9.47 Å². The SMILES string of the molecule is CC12CCC(=O)N1c1ccccc1C(=O)N2CCC(=O)NNC(=O)c1ccc2c(c1)OCO2. The van der Waals surface area contributed by atoms with Gasteiger partial charge < -0.3 is 14.4 Å². The van der Waals surface area contributed by atoms with E-state index in [0.717, 1.165) is 0 Å². The third-order valence-electron chi connectivity index (χ3n) is 6.26. The van der Waals surface area contributed by atoms with Gasteiger partial charge in [-0.05, 0) is 43.7 Å². The van der Waals surface area contributed by atoms with E-state index in [0.29, 0.717) is 41.2 Å². The highest BCUT2D eigenvalue weighted by Gasteiger charge is 2.52. The Hall–Kier alpha value is -4.08. The molecule has 1 unspecified atom stereocenters. The minimum absolute atomic E-state index is 0.0487. The number of carbonyl (C=O) groups is 4. The summed E-state index contributed by atoms with van der Waals surface area (Å²) in [6.45, 7) is 2.03. The van der Waals surface area contributed by atoms with Gasteiger partial charge >= 0.3 is 0 Å². The van der Waals surface area contributed by atoms with Gasteiger partial charge in [-0.25, -0.2) is 0 Å². The van der Waals surface area contributed by atoms with Gasteiger partial charge in [-0.15, -0.1) is 0 Å². The number of para-hydroxylation sites is 1. The van der Waals surface area contributed by atoms with Crippen LogP contribution in [-0.4, -0.2) is 47.5 Å². The maximum atomic E-state index is 13.2. The molecule has 2 N–H and O–H groups in total. The first-order valence-corrected chi connectivity index (χ1v) is 10.6. The van der Waals surface area contributed by atoms with E-state index in [1.54, 1.807) is 46.2 Å². The number of carbonyl (C=O) groups excluding carboxylic acids is 4. The quantitative estimate of drug-likeness (QED) is 0.683. The van der Waals surface area contributed by atoms with Gasteiger partial charge in [-0.2, -0.15) is 0 Å². The van der Waals surface area contributed by atoms with Crippen molar-refractivity contribution in [1.82, 2.24) is 15.8 Å². The van der Waals surface area contributed by atoms with Crippen molar-refractivity contribution in [3.63, 3.8) is 0 Å². The van der Waals surface area contributed by atoms with Gasteiger partial charge in [0.25, 0.3) is 11.8 Å². The molecule has 0 aromatic heterocycles. The fourth-order valence-electron chi connectivity index (χ4n) is 4.55. The third-order valence-corrected chi connectivity index (χ3v) is 6.26. The Bertz CT molecular complexity index is 1180. The first-order chi connectivity index (χ1) is 15.9. The maximum Gasteiger partial charge on any atom is 0.269 e. The smallest absolute Gasteiger partial charge is 0.269 e. The Labute approximate surface area is 189 Å². The lowest BCUT2D eigenvalue weighted by Gasteiger charge is -2.48. The Morgan fingerprint density at radius 2 is 1.85 bits per heavy atom. The lowest BCUT2D eigenvalue weighted by Crippen LogP contribution is -2.62. The highest BCUT2D eigenvalue weighted by atomic mass is 16.7. The molecule has 3 aliphatic rings. The van der Waals surface area contributed by atoms with Gasteiger partial charge in [0.1, 0.15) is 5.66 Å². The molecule has 2 aromatic rings. The predicted molar refractivity (Wildman–Crippen MR) is 115 cm³/mol. The molecule has 0 spiro atoms. The van der Waals surface area contributed by atoms with Crippen LogP contribution in [0.15, 0.2) is 42.5 Å². The number of benzene rings is 2. The van der Waals surface area contributed by atoms with Gasteiger partial charge in [0.15, 0.2) is 11.5 Å². The number of hydrogen-bond donors (Lipinski definition) is 2. The van der Waals surface area contributed by atoms with Gasteiger partial charge in [-0.1, -0.05) is 12.1 Å². The normalized spacial score (nSPS) is 20.4. The molecule has 5 rings (SSSR count). The van der Waals surface area contributed by atoms with Crippen LogP contribution in [0.2, 0.25) is 0 Å². The van der Waals surface area contributed by atoms with Gasteiger partial charge in [0.2, 0.25) is 18.6 Å². The summed E-state index contributed by atoms with van der Waals surface area (Å²) >= 11 is 0. The molecule has 4 amide bonds. The molecule has 3 heterocycles. The van der Waals surface area contributed by atoms with Crippen molar-refractivity contribution in [3.8, 4) is 11.5 Å². The largest absolute Gasteiger partial charge is 0.454 e. The van der Waals surface area contributed by atoms with Crippen molar-refractivity contribution < 1.29 is 28.7 Å². The second kappa shape index (κ2) is 7.80. The highest BCUT2D eigenvalue weighted by molar-refractivity contribution is 6.10.